The number of ether oxygens (including phenoxy) is 2. The lowest BCUT2D eigenvalue weighted by Crippen LogP contribution is -2.30. The molecule has 0 radical (unpaired) electrons. The number of hydrogen-bond acceptors (Lipinski definition) is 6. The zero-order valence-corrected chi connectivity index (χ0v) is 20.7. The average molecular weight is 461 g/mol. The highest BCUT2D eigenvalue weighted by atomic mass is 16.5. The summed E-state index contributed by atoms with van der Waals surface area (Å²) in [6, 6.07) is 14.5. The predicted molar refractivity (Wildman–Crippen MR) is 137 cm³/mol. The second-order valence-electron chi connectivity index (χ2n) is 9.98. The number of nitrogens with zero attached hydrogens (tertiary/aromatic N) is 2. The Morgan fingerprint density at radius 3 is 2.41 bits per heavy atom. The van der Waals surface area contributed by atoms with Crippen molar-refractivity contribution in [1.82, 2.24) is 15.3 Å². The summed E-state index contributed by atoms with van der Waals surface area (Å²) in [6.45, 7) is 9.83. The smallest absolute Gasteiger partial charge is 0.232 e. The molecule has 1 aliphatic heterocycles. The normalized spacial score (nSPS) is 14.7. The van der Waals surface area contributed by atoms with Gasteiger partial charge in [-0.3, -0.25) is 0 Å². The molecule has 0 aliphatic carbocycles. The minimum absolute atomic E-state index is 0.0186. The Kier molecular flexibility index (Phi) is 7.49. The zero-order valence-electron chi connectivity index (χ0n) is 20.7. The van der Waals surface area contributed by atoms with Gasteiger partial charge in [-0.2, -0.15) is 0 Å². The summed E-state index contributed by atoms with van der Waals surface area (Å²) in [4.78, 5) is 9.75. The van der Waals surface area contributed by atoms with Crippen LogP contribution in [0.3, 0.4) is 0 Å². The quantitative estimate of drug-likeness (QED) is 0.519. The van der Waals surface area contributed by atoms with Crippen molar-refractivity contribution in [3.8, 4) is 34.1 Å². The van der Waals surface area contributed by atoms with Crippen molar-refractivity contribution in [3.05, 3.63) is 59.8 Å². The molecular weight excluding hydrogens is 424 g/mol. The molecule has 6 heteroatoms. The zero-order chi connectivity index (χ0) is 24.1. The summed E-state index contributed by atoms with van der Waals surface area (Å²) in [5.41, 5.74) is 11.5. The Bertz CT molecular complexity index is 1100. The lowest BCUT2D eigenvalue weighted by Gasteiger charge is -2.23. The van der Waals surface area contributed by atoms with E-state index in [2.05, 4.69) is 44.3 Å². The SMILES string of the molecule is COc1cc(C(C)(C)C)ccc1-c1ncc(OCC2CCNCC2)nc1-c1ccc(CN)cc1. The van der Waals surface area contributed by atoms with E-state index < -0.39 is 0 Å². The fourth-order valence-corrected chi connectivity index (χ4v) is 4.24. The van der Waals surface area contributed by atoms with Gasteiger partial charge in [0.25, 0.3) is 0 Å². The van der Waals surface area contributed by atoms with Gasteiger partial charge in [0.2, 0.25) is 5.88 Å². The second kappa shape index (κ2) is 10.5. The molecule has 3 aromatic rings. The summed E-state index contributed by atoms with van der Waals surface area (Å²) in [5.74, 6) is 1.87. The first-order valence-corrected chi connectivity index (χ1v) is 12.1. The predicted octanol–water partition coefficient (Wildman–Crippen LogP) is 4.95. The molecule has 34 heavy (non-hydrogen) atoms. The van der Waals surface area contributed by atoms with Gasteiger partial charge in [-0.25, -0.2) is 9.97 Å². The van der Waals surface area contributed by atoms with Crippen molar-refractivity contribution in [2.75, 3.05) is 26.8 Å². The van der Waals surface area contributed by atoms with Crippen molar-refractivity contribution in [2.45, 2.75) is 45.6 Å². The number of rotatable bonds is 7. The molecule has 2 aromatic carbocycles. The van der Waals surface area contributed by atoms with E-state index in [9.17, 15) is 0 Å². The van der Waals surface area contributed by atoms with Crippen LogP contribution < -0.4 is 20.5 Å². The van der Waals surface area contributed by atoms with Gasteiger partial charge in [-0.05, 0) is 60.5 Å². The van der Waals surface area contributed by atoms with Crippen LogP contribution in [0.15, 0.2) is 48.7 Å². The molecule has 1 aromatic heterocycles. The Morgan fingerprint density at radius 2 is 1.76 bits per heavy atom. The third-order valence-electron chi connectivity index (χ3n) is 6.46. The van der Waals surface area contributed by atoms with Crippen LogP contribution in [0.1, 0.15) is 44.7 Å². The van der Waals surface area contributed by atoms with Crippen molar-refractivity contribution in [1.29, 1.82) is 0 Å². The third-order valence-corrected chi connectivity index (χ3v) is 6.46. The summed E-state index contributed by atoms with van der Waals surface area (Å²) < 4.78 is 11.9. The van der Waals surface area contributed by atoms with E-state index in [1.54, 1.807) is 13.3 Å². The number of piperidine rings is 1. The van der Waals surface area contributed by atoms with Gasteiger partial charge in [0, 0.05) is 17.7 Å². The number of hydrogen-bond donors (Lipinski definition) is 2. The summed E-state index contributed by atoms with van der Waals surface area (Å²) in [5, 5.41) is 3.40. The Labute approximate surface area is 202 Å². The lowest BCUT2D eigenvalue weighted by molar-refractivity contribution is 0.208. The van der Waals surface area contributed by atoms with E-state index in [0.717, 1.165) is 59.8 Å². The third kappa shape index (κ3) is 5.57. The molecule has 0 bridgehead atoms. The number of nitrogens with two attached hydrogens (primary N) is 1. The molecular formula is C28H36N4O2. The first-order chi connectivity index (χ1) is 16.4. The average Bonchev–Trinajstić information content (AvgIpc) is 2.87. The van der Waals surface area contributed by atoms with E-state index >= 15 is 0 Å². The van der Waals surface area contributed by atoms with Gasteiger partial charge in [0.1, 0.15) is 17.1 Å². The van der Waals surface area contributed by atoms with Crippen molar-refractivity contribution in [3.63, 3.8) is 0 Å². The van der Waals surface area contributed by atoms with E-state index in [0.29, 0.717) is 24.9 Å². The van der Waals surface area contributed by atoms with Crippen molar-refractivity contribution >= 4 is 0 Å². The number of benzene rings is 2. The van der Waals surface area contributed by atoms with Gasteiger partial charge in [-0.1, -0.05) is 51.1 Å². The lowest BCUT2D eigenvalue weighted by atomic mass is 9.86. The highest BCUT2D eigenvalue weighted by molar-refractivity contribution is 5.81. The van der Waals surface area contributed by atoms with Crippen LogP contribution in [0, 0.1) is 5.92 Å². The molecule has 3 N–H and O–H groups in total. The molecule has 180 valence electrons. The molecule has 2 heterocycles. The van der Waals surface area contributed by atoms with Crippen molar-refractivity contribution < 1.29 is 9.47 Å². The second-order valence-corrected chi connectivity index (χ2v) is 9.98. The Balaban J connectivity index is 1.73. The Morgan fingerprint density at radius 1 is 1.03 bits per heavy atom. The molecule has 1 aliphatic rings. The van der Waals surface area contributed by atoms with Crippen LogP contribution in [-0.2, 0) is 12.0 Å². The summed E-state index contributed by atoms with van der Waals surface area (Å²) in [7, 11) is 1.70. The molecule has 4 rings (SSSR count). The van der Waals surface area contributed by atoms with Gasteiger partial charge < -0.3 is 20.5 Å². The van der Waals surface area contributed by atoms with E-state index in [1.165, 1.54) is 5.56 Å². The molecule has 6 nitrogen and oxygen atoms in total. The maximum atomic E-state index is 6.11. The fraction of sp³-hybridized carbons (Fsp3) is 0.429. The first-order valence-electron chi connectivity index (χ1n) is 12.1. The minimum Gasteiger partial charge on any atom is -0.496 e. The summed E-state index contributed by atoms with van der Waals surface area (Å²) >= 11 is 0. The summed E-state index contributed by atoms with van der Waals surface area (Å²) in [6.07, 6.45) is 3.97. The minimum atomic E-state index is 0.0186. The highest BCUT2D eigenvalue weighted by Gasteiger charge is 2.21. The molecule has 0 atom stereocenters. The molecule has 0 spiro atoms. The molecule has 1 saturated heterocycles. The highest BCUT2D eigenvalue weighted by Crippen LogP contribution is 2.38. The van der Waals surface area contributed by atoms with E-state index in [-0.39, 0.29) is 5.41 Å². The van der Waals surface area contributed by atoms with Crippen LogP contribution in [0.4, 0.5) is 0 Å². The topological polar surface area (TPSA) is 82.3 Å². The first kappa shape index (κ1) is 24.2. The Hall–Kier alpha value is -2.96. The van der Waals surface area contributed by atoms with Crippen LogP contribution in [0.2, 0.25) is 0 Å². The molecule has 0 unspecified atom stereocenters. The van der Waals surface area contributed by atoms with Gasteiger partial charge >= 0.3 is 0 Å². The van der Waals surface area contributed by atoms with Gasteiger partial charge in [0.05, 0.1) is 19.9 Å². The standard InChI is InChI=1S/C28H36N4O2/c1-28(2,3)22-9-10-23(24(15-22)33-4)27-26(21-7-5-19(16-29)6-8-21)32-25(17-31-27)34-18-20-11-13-30-14-12-20/h5-10,15,17,20,30H,11-14,16,18,29H2,1-4H3. The molecule has 1 fully saturated rings. The molecule has 0 amide bonds. The largest absolute Gasteiger partial charge is 0.496 e. The number of methoxy groups -OCH3 is 1. The van der Waals surface area contributed by atoms with Crippen LogP contribution in [0.25, 0.3) is 22.5 Å². The fourth-order valence-electron chi connectivity index (χ4n) is 4.24. The van der Waals surface area contributed by atoms with E-state index in [4.69, 9.17) is 25.2 Å². The van der Waals surface area contributed by atoms with Crippen LogP contribution >= 0.6 is 0 Å². The maximum Gasteiger partial charge on any atom is 0.232 e. The van der Waals surface area contributed by atoms with Crippen LogP contribution in [-0.4, -0.2) is 36.8 Å². The maximum absolute atomic E-state index is 6.11. The molecule has 0 saturated carbocycles. The van der Waals surface area contributed by atoms with Crippen molar-refractivity contribution in [2.24, 2.45) is 11.7 Å². The van der Waals surface area contributed by atoms with Crippen LogP contribution in [0.5, 0.6) is 11.6 Å². The monoisotopic (exact) mass is 460 g/mol. The van der Waals surface area contributed by atoms with Gasteiger partial charge in [-0.15, -0.1) is 0 Å². The van der Waals surface area contributed by atoms with Gasteiger partial charge in [0.15, 0.2) is 0 Å². The number of nitrogens with one attached hydrogen (secondary N) is 1. The number of aromatic nitrogens is 2. The van der Waals surface area contributed by atoms with E-state index in [1.807, 2.05) is 24.3 Å².